The summed E-state index contributed by atoms with van der Waals surface area (Å²) in [4.78, 5) is 0. The van der Waals surface area contributed by atoms with Gasteiger partial charge in [0.15, 0.2) is 0 Å². The van der Waals surface area contributed by atoms with Crippen LogP contribution in [0.3, 0.4) is 0 Å². The fraction of sp³-hybridized carbons (Fsp3) is 1.00. The summed E-state index contributed by atoms with van der Waals surface area (Å²) in [5, 5.41) is 0. The van der Waals surface area contributed by atoms with Gasteiger partial charge in [-0.1, -0.05) is 0 Å². The topological polar surface area (TPSA) is 34.1 Å². The van der Waals surface area contributed by atoms with Crippen molar-refractivity contribution in [3.8, 4) is 0 Å². The Balaban J connectivity index is 0. The fourth-order valence-electron chi connectivity index (χ4n) is 0.152. The maximum Gasteiger partial charge on any atom is 1.00 e. The number of rotatable bonds is 1. The molecule has 0 radical (unpaired) electrons. The lowest BCUT2D eigenvalue weighted by Gasteiger charge is -2.16. The third-order valence-corrected chi connectivity index (χ3v) is 2.02. The van der Waals surface area contributed by atoms with Crippen LogP contribution in [0.5, 0.6) is 0 Å². The Hall–Kier alpha value is -0.405. The number of halogens is 6. The third-order valence-electron chi connectivity index (χ3n) is 0.674. The molecule has 0 unspecified atom stereocenters. The summed E-state index contributed by atoms with van der Waals surface area (Å²) in [6, 6.07) is 0. The highest BCUT2D eigenvalue weighted by molar-refractivity contribution is 8.20. The van der Waals surface area contributed by atoms with E-state index in [0.29, 0.717) is 0 Å². The van der Waals surface area contributed by atoms with Crippen LogP contribution in [-0.4, -0.2) is 20.2 Å². The lowest BCUT2D eigenvalue weighted by Crippen LogP contribution is -2.40. The van der Waals surface area contributed by atoms with Gasteiger partial charge in [-0.2, -0.15) is 13.2 Å². The summed E-state index contributed by atoms with van der Waals surface area (Å²) in [6.45, 7) is 0. The van der Waals surface area contributed by atoms with Crippen molar-refractivity contribution in [3.05, 3.63) is 0 Å². The summed E-state index contributed by atoms with van der Waals surface area (Å²) in [6.07, 6.45) is -6.90. The highest BCUT2D eigenvalue weighted by Crippen LogP contribution is 2.33. The molecule has 0 fully saturated rings. The van der Waals surface area contributed by atoms with Crippen LogP contribution < -0.4 is 0 Å². The van der Waals surface area contributed by atoms with Crippen LogP contribution in [0.1, 0.15) is 1.43 Å². The summed E-state index contributed by atoms with van der Waals surface area (Å²) in [5.41, 5.74) is -6.24. The zero-order chi connectivity index (χ0) is 9.50. The lowest BCUT2D eigenvalue weighted by molar-refractivity contribution is -0.0424. The van der Waals surface area contributed by atoms with E-state index in [1.54, 1.807) is 0 Å². The molecular formula is CHBF6O2S. The van der Waals surface area contributed by atoms with E-state index >= 15 is 0 Å². The second-order valence-electron chi connectivity index (χ2n) is 1.51. The van der Waals surface area contributed by atoms with Crippen molar-refractivity contribution in [1.82, 2.24) is 0 Å². The summed E-state index contributed by atoms with van der Waals surface area (Å²) >= 11 is 0. The van der Waals surface area contributed by atoms with Gasteiger partial charge >= 0.3 is 13.2 Å². The summed E-state index contributed by atoms with van der Waals surface area (Å²) in [7, 11) is -6.95. The fourth-order valence-corrected chi connectivity index (χ4v) is 0.455. The first-order valence-corrected chi connectivity index (χ1v) is 3.54. The molecule has 0 N–H and O–H groups in total. The predicted molar refractivity (Wildman–Crippen MR) is 25.2 cm³/mol. The molecule has 0 bridgehead atoms. The zero-order valence-electron chi connectivity index (χ0n) is 5.57. The minimum absolute atomic E-state index is 0. The van der Waals surface area contributed by atoms with Gasteiger partial charge in [0, 0.05) is 0 Å². The van der Waals surface area contributed by atoms with E-state index < -0.39 is 21.5 Å². The molecule has 10 heteroatoms. The molecule has 0 atom stereocenters. The smallest absolute Gasteiger partial charge is 0.436 e. The zero-order valence-corrected chi connectivity index (χ0v) is 5.39. The SMILES string of the molecule is O=S(=O)([B-](F)(F)F)C(F)(F)F.[H+]. The van der Waals surface area contributed by atoms with E-state index in [4.69, 9.17) is 0 Å². The molecule has 68 valence electrons. The van der Waals surface area contributed by atoms with Gasteiger partial charge in [-0.25, -0.2) is 0 Å². The first-order valence-electron chi connectivity index (χ1n) is 1.99. The van der Waals surface area contributed by atoms with Gasteiger partial charge < -0.3 is 12.9 Å². The second-order valence-corrected chi connectivity index (χ2v) is 3.59. The normalized spacial score (nSPS) is 15.1. The van der Waals surface area contributed by atoms with Gasteiger partial charge in [-0.05, 0) is 0 Å². The molecule has 11 heavy (non-hydrogen) atoms. The van der Waals surface area contributed by atoms with E-state index in [2.05, 4.69) is 0 Å². The van der Waals surface area contributed by atoms with Crippen molar-refractivity contribution < 1.29 is 36.0 Å². The molecule has 0 aliphatic carbocycles. The van der Waals surface area contributed by atoms with Gasteiger partial charge in [-0.3, -0.25) is 8.42 Å². The maximum absolute atomic E-state index is 11.1. The van der Waals surface area contributed by atoms with Crippen molar-refractivity contribution in [2.45, 2.75) is 5.51 Å². The average molecular weight is 202 g/mol. The van der Waals surface area contributed by atoms with E-state index in [1.807, 2.05) is 0 Å². The molecule has 0 aromatic rings. The molecule has 0 saturated heterocycles. The number of alkyl halides is 3. The quantitative estimate of drug-likeness (QED) is 0.475. The van der Waals surface area contributed by atoms with E-state index in [0.717, 1.165) is 0 Å². The van der Waals surface area contributed by atoms with Crippen molar-refractivity contribution in [1.29, 1.82) is 0 Å². The molecule has 0 aromatic carbocycles. The number of hydrogen-bond donors (Lipinski definition) is 0. The standard InChI is InChI=1S/CBF6O2S/c3-1(4,5)11(9,10)2(6,7)8/q-1/p+1. The Morgan fingerprint density at radius 2 is 1.36 bits per heavy atom. The molecule has 0 rings (SSSR count). The lowest BCUT2D eigenvalue weighted by atomic mass is 10.4. The van der Waals surface area contributed by atoms with Crippen LogP contribution in [0.4, 0.5) is 26.1 Å². The predicted octanol–water partition coefficient (Wildman–Crippen LogP) is 1.38. The molecule has 0 heterocycles. The second kappa shape index (κ2) is 2.29. The molecular weight excluding hydrogens is 201 g/mol. The Morgan fingerprint density at radius 1 is 1.09 bits per heavy atom. The van der Waals surface area contributed by atoms with Gasteiger partial charge in [0.2, 0.25) is 9.69 Å². The van der Waals surface area contributed by atoms with Crippen LogP contribution in [-0.2, 0) is 9.69 Å². The maximum atomic E-state index is 11.1. The van der Waals surface area contributed by atoms with Crippen LogP contribution in [0.2, 0.25) is 0 Å². The molecule has 0 aliphatic rings. The molecule has 0 aliphatic heterocycles. The molecule has 2 nitrogen and oxygen atoms in total. The first-order chi connectivity index (χ1) is 4.50. The average Bonchev–Trinajstić information content (AvgIpc) is 1.58. The molecule has 0 aromatic heterocycles. The third kappa shape index (κ3) is 1.79. The minimum Gasteiger partial charge on any atom is -0.436 e. The Labute approximate surface area is 58.5 Å². The Bertz CT molecular complexity index is 217. The van der Waals surface area contributed by atoms with Crippen LogP contribution in [0, 0.1) is 0 Å². The van der Waals surface area contributed by atoms with Crippen LogP contribution in [0.15, 0.2) is 0 Å². The largest absolute Gasteiger partial charge is 1.00 e. The van der Waals surface area contributed by atoms with Crippen LogP contribution >= 0.6 is 0 Å². The van der Waals surface area contributed by atoms with Gasteiger partial charge in [0.25, 0.3) is 0 Å². The van der Waals surface area contributed by atoms with Gasteiger partial charge in [0.05, 0.1) is 0 Å². The van der Waals surface area contributed by atoms with Crippen molar-refractivity contribution in [3.63, 3.8) is 0 Å². The van der Waals surface area contributed by atoms with E-state index in [-0.39, 0.29) is 1.43 Å². The summed E-state index contributed by atoms with van der Waals surface area (Å²) < 4.78 is 85.3. The molecule has 0 spiro atoms. The van der Waals surface area contributed by atoms with E-state index in [1.165, 1.54) is 0 Å². The van der Waals surface area contributed by atoms with Gasteiger partial charge in [0.1, 0.15) is 0 Å². The molecule has 0 saturated carbocycles. The number of hydrogen-bond acceptors (Lipinski definition) is 2. The first kappa shape index (κ1) is 10.6. The Morgan fingerprint density at radius 3 is 1.36 bits per heavy atom. The molecule has 0 amide bonds. The Kier molecular flexibility index (Phi) is 2.21. The van der Waals surface area contributed by atoms with Crippen molar-refractivity contribution in [2.75, 3.05) is 0 Å². The van der Waals surface area contributed by atoms with Crippen LogP contribution in [0.25, 0.3) is 0 Å². The van der Waals surface area contributed by atoms with Crippen molar-refractivity contribution >= 4 is 15.9 Å². The monoisotopic (exact) mass is 202 g/mol. The van der Waals surface area contributed by atoms with Crippen molar-refractivity contribution in [2.24, 2.45) is 0 Å². The summed E-state index contributed by atoms with van der Waals surface area (Å²) in [5.74, 6) is 0. The highest BCUT2D eigenvalue weighted by atomic mass is 32.2. The minimum atomic E-state index is -6.95. The highest BCUT2D eigenvalue weighted by Gasteiger charge is 2.58. The van der Waals surface area contributed by atoms with E-state index in [9.17, 15) is 34.5 Å². The van der Waals surface area contributed by atoms with Gasteiger partial charge in [-0.15, -0.1) is 0 Å².